The first-order chi connectivity index (χ1) is 7.79. The highest BCUT2D eigenvalue weighted by Crippen LogP contribution is 2.17. The zero-order valence-corrected chi connectivity index (χ0v) is 8.86. The number of carbonyl (C=O) groups is 1. The Balaban J connectivity index is 2.06. The number of H-pyrrole nitrogens is 1. The lowest BCUT2D eigenvalue weighted by Crippen LogP contribution is -2.11. The van der Waals surface area contributed by atoms with Gasteiger partial charge >= 0.3 is 0 Å². The Morgan fingerprint density at radius 1 is 1.38 bits per heavy atom. The molecule has 1 amide bonds. The molecule has 16 heavy (non-hydrogen) atoms. The van der Waals surface area contributed by atoms with Gasteiger partial charge in [-0.25, -0.2) is 0 Å². The molecule has 0 spiro atoms. The van der Waals surface area contributed by atoms with Gasteiger partial charge in [0.1, 0.15) is 0 Å². The van der Waals surface area contributed by atoms with Crippen molar-refractivity contribution in [2.45, 2.75) is 12.8 Å². The Hall–Kier alpha value is -1.81. The van der Waals surface area contributed by atoms with E-state index in [2.05, 4.69) is 10.3 Å². The number of aromatic nitrogens is 1. The molecule has 2 rings (SSSR count). The maximum absolute atomic E-state index is 11.4. The number of anilines is 1. The second kappa shape index (κ2) is 4.81. The zero-order chi connectivity index (χ0) is 11.4. The molecule has 1 heterocycles. The van der Waals surface area contributed by atoms with Gasteiger partial charge in [-0.2, -0.15) is 0 Å². The number of hydrogen-bond acceptors (Lipinski definition) is 2. The maximum atomic E-state index is 11.4. The highest BCUT2D eigenvalue weighted by Gasteiger charge is 2.02. The number of amides is 1. The summed E-state index contributed by atoms with van der Waals surface area (Å²) in [7, 11) is 0. The molecule has 0 aliphatic carbocycles. The Morgan fingerprint density at radius 3 is 3.06 bits per heavy atom. The van der Waals surface area contributed by atoms with Crippen LogP contribution in [0.1, 0.15) is 12.8 Å². The third kappa shape index (κ3) is 2.41. The standard InChI is InChI=1S/C12H14N2O2/c15-7-1-2-12(16)14-10-3-4-11-9(8-10)5-6-13-11/h3-6,8,13,15H,1-2,7H2,(H,14,16). The predicted molar refractivity (Wildman–Crippen MR) is 63.2 cm³/mol. The average Bonchev–Trinajstić information content (AvgIpc) is 2.73. The van der Waals surface area contributed by atoms with Crippen LogP contribution in [0.3, 0.4) is 0 Å². The van der Waals surface area contributed by atoms with E-state index in [1.54, 1.807) is 0 Å². The number of benzene rings is 1. The largest absolute Gasteiger partial charge is 0.396 e. The van der Waals surface area contributed by atoms with E-state index in [4.69, 9.17) is 5.11 Å². The molecule has 0 aliphatic rings. The minimum Gasteiger partial charge on any atom is -0.396 e. The summed E-state index contributed by atoms with van der Waals surface area (Å²) in [6.07, 6.45) is 2.71. The molecule has 4 nitrogen and oxygen atoms in total. The molecule has 0 unspecified atom stereocenters. The van der Waals surface area contributed by atoms with Crippen LogP contribution in [-0.2, 0) is 4.79 Å². The zero-order valence-electron chi connectivity index (χ0n) is 8.86. The predicted octanol–water partition coefficient (Wildman–Crippen LogP) is 1.88. The average molecular weight is 218 g/mol. The molecule has 1 aromatic carbocycles. The molecule has 1 aromatic heterocycles. The van der Waals surface area contributed by atoms with E-state index in [1.807, 2.05) is 30.5 Å². The Bertz CT molecular complexity index is 490. The molecule has 0 fully saturated rings. The summed E-state index contributed by atoms with van der Waals surface area (Å²) in [6, 6.07) is 7.66. The van der Waals surface area contributed by atoms with Gasteiger partial charge in [-0.05, 0) is 30.7 Å². The molecule has 0 saturated carbocycles. The van der Waals surface area contributed by atoms with Gasteiger partial charge in [0.25, 0.3) is 0 Å². The second-order valence-corrected chi connectivity index (χ2v) is 3.66. The third-order valence-corrected chi connectivity index (χ3v) is 2.40. The fraction of sp³-hybridized carbons (Fsp3) is 0.250. The fourth-order valence-corrected chi connectivity index (χ4v) is 1.59. The van der Waals surface area contributed by atoms with Crippen molar-refractivity contribution in [2.75, 3.05) is 11.9 Å². The molecule has 0 aliphatic heterocycles. The smallest absolute Gasteiger partial charge is 0.224 e. The van der Waals surface area contributed by atoms with Crippen LogP contribution in [0.15, 0.2) is 30.5 Å². The van der Waals surface area contributed by atoms with Crippen LogP contribution in [0.25, 0.3) is 10.9 Å². The number of fused-ring (bicyclic) bond motifs is 1. The summed E-state index contributed by atoms with van der Waals surface area (Å²) in [5, 5.41) is 12.5. The molecule has 4 heteroatoms. The van der Waals surface area contributed by atoms with Crippen LogP contribution in [0.5, 0.6) is 0 Å². The lowest BCUT2D eigenvalue weighted by Gasteiger charge is -2.04. The monoisotopic (exact) mass is 218 g/mol. The summed E-state index contributed by atoms with van der Waals surface area (Å²) in [5.74, 6) is -0.0658. The second-order valence-electron chi connectivity index (χ2n) is 3.66. The number of hydrogen-bond donors (Lipinski definition) is 3. The molecule has 3 N–H and O–H groups in total. The van der Waals surface area contributed by atoms with Crippen molar-refractivity contribution in [3.05, 3.63) is 30.5 Å². The molecular weight excluding hydrogens is 204 g/mol. The van der Waals surface area contributed by atoms with Crippen molar-refractivity contribution in [2.24, 2.45) is 0 Å². The highest BCUT2D eigenvalue weighted by atomic mass is 16.3. The summed E-state index contributed by atoms with van der Waals surface area (Å²) < 4.78 is 0. The molecule has 2 aromatic rings. The van der Waals surface area contributed by atoms with E-state index < -0.39 is 0 Å². The number of nitrogens with one attached hydrogen (secondary N) is 2. The van der Waals surface area contributed by atoms with Crippen molar-refractivity contribution in [3.8, 4) is 0 Å². The summed E-state index contributed by atoms with van der Waals surface area (Å²) in [5.41, 5.74) is 1.84. The van der Waals surface area contributed by atoms with Gasteiger partial charge in [0, 0.05) is 35.8 Å². The van der Waals surface area contributed by atoms with E-state index in [9.17, 15) is 4.79 Å². The Morgan fingerprint density at radius 2 is 2.25 bits per heavy atom. The first-order valence-corrected chi connectivity index (χ1v) is 5.27. The minimum atomic E-state index is -0.0658. The van der Waals surface area contributed by atoms with Gasteiger partial charge in [-0.3, -0.25) is 4.79 Å². The number of rotatable bonds is 4. The number of aliphatic hydroxyl groups is 1. The van der Waals surface area contributed by atoms with Crippen molar-refractivity contribution in [1.82, 2.24) is 4.98 Å². The normalized spacial score (nSPS) is 10.6. The van der Waals surface area contributed by atoms with Gasteiger partial charge < -0.3 is 15.4 Å². The number of aliphatic hydroxyl groups excluding tert-OH is 1. The number of aromatic amines is 1. The van der Waals surface area contributed by atoms with Crippen molar-refractivity contribution >= 4 is 22.5 Å². The van der Waals surface area contributed by atoms with Gasteiger partial charge in [0.05, 0.1) is 0 Å². The van der Waals surface area contributed by atoms with E-state index in [0.717, 1.165) is 16.6 Å². The van der Waals surface area contributed by atoms with Crippen LogP contribution in [0.2, 0.25) is 0 Å². The van der Waals surface area contributed by atoms with E-state index in [0.29, 0.717) is 12.8 Å². The van der Waals surface area contributed by atoms with Crippen LogP contribution in [-0.4, -0.2) is 22.6 Å². The topological polar surface area (TPSA) is 65.1 Å². The van der Waals surface area contributed by atoms with Crippen molar-refractivity contribution in [1.29, 1.82) is 0 Å². The van der Waals surface area contributed by atoms with Crippen LogP contribution >= 0.6 is 0 Å². The molecule has 84 valence electrons. The van der Waals surface area contributed by atoms with E-state index in [1.165, 1.54) is 0 Å². The van der Waals surface area contributed by atoms with Gasteiger partial charge in [0.2, 0.25) is 5.91 Å². The van der Waals surface area contributed by atoms with Gasteiger partial charge in [0.15, 0.2) is 0 Å². The summed E-state index contributed by atoms with van der Waals surface area (Å²) in [6.45, 7) is 0.0459. The first-order valence-electron chi connectivity index (χ1n) is 5.27. The van der Waals surface area contributed by atoms with Crippen LogP contribution < -0.4 is 5.32 Å². The summed E-state index contributed by atoms with van der Waals surface area (Å²) >= 11 is 0. The van der Waals surface area contributed by atoms with Crippen molar-refractivity contribution < 1.29 is 9.90 Å². The molecular formula is C12H14N2O2. The van der Waals surface area contributed by atoms with E-state index in [-0.39, 0.29) is 12.5 Å². The van der Waals surface area contributed by atoms with Crippen molar-refractivity contribution in [3.63, 3.8) is 0 Å². The number of carbonyl (C=O) groups excluding carboxylic acids is 1. The Labute approximate surface area is 93.3 Å². The third-order valence-electron chi connectivity index (χ3n) is 2.40. The fourth-order valence-electron chi connectivity index (χ4n) is 1.59. The van der Waals surface area contributed by atoms with E-state index >= 15 is 0 Å². The summed E-state index contributed by atoms with van der Waals surface area (Å²) in [4.78, 5) is 14.5. The molecule has 0 bridgehead atoms. The van der Waals surface area contributed by atoms with Gasteiger partial charge in [-0.15, -0.1) is 0 Å². The lowest BCUT2D eigenvalue weighted by molar-refractivity contribution is -0.116. The molecule has 0 radical (unpaired) electrons. The van der Waals surface area contributed by atoms with Crippen LogP contribution in [0, 0.1) is 0 Å². The highest BCUT2D eigenvalue weighted by molar-refractivity contribution is 5.93. The molecule has 0 atom stereocenters. The van der Waals surface area contributed by atoms with Gasteiger partial charge in [-0.1, -0.05) is 0 Å². The minimum absolute atomic E-state index is 0.0459. The maximum Gasteiger partial charge on any atom is 0.224 e. The quantitative estimate of drug-likeness (QED) is 0.733. The lowest BCUT2D eigenvalue weighted by atomic mass is 10.2. The first kappa shape index (κ1) is 10.7. The SMILES string of the molecule is O=C(CCCO)Nc1ccc2[nH]ccc2c1. The Kier molecular flexibility index (Phi) is 3.22. The molecule has 0 saturated heterocycles. The van der Waals surface area contributed by atoms with Crippen LogP contribution in [0.4, 0.5) is 5.69 Å².